The van der Waals surface area contributed by atoms with Gasteiger partial charge in [0.05, 0.1) is 19.8 Å². The highest BCUT2D eigenvalue weighted by atomic mass is 16.6. The first-order valence-electron chi connectivity index (χ1n) is 4.62. The van der Waals surface area contributed by atoms with Crippen LogP contribution in [0.2, 0.25) is 0 Å². The van der Waals surface area contributed by atoms with Crippen LogP contribution in [0.15, 0.2) is 4.52 Å². The predicted molar refractivity (Wildman–Crippen MR) is 46.6 cm³/mol. The molecular formula is C8H13N3O3. The Morgan fingerprint density at radius 2 is 2.36 bits per heavy atom. The molecule has 1 aromatic rings. The molecule has 0 amide bonds. The van der Waals surface area contributed by atoms with Crippen molar-refractivity contribution in [2.24, 2.45) is 5.73 Å². The molecule has 78 valence electrons. The van der Waals surface area contributed by atoms with Gasteiger partial charge >= 0.3 is 0 Å². The lowest BCUT2D eigenvalue weighted by Gasteiger charge is -2.19. The fraction of sp³-hybridized carbons (Fsp3) is 0.750. The van der Waals surface area contributed by atoms with Crippen LogP contribution in [0.5, 0.6) is 0 Å². The Bertz CT molecular complexity index is 283. The van der Waals surface area contributed by atoms with E-state index in [2.05, 4.69) is 10.1 Å². The lowest BCUT2D eigenvalue weighted by Crippen LogP contribution is -2.22. The molecule has 1 aliphatic rings. The SMILES string of the molecule is NCCc1nc(C2COCCO2)no1. The zero-order valence-corrected chi connectivity index (χ0v) is 7.81. The molecular weight excluding hydrogens is 186 g/mol. The Balaban J connectivity index is 2.00. The van der Waals surface area contributed by atoms with E-state index in [1.54, 1.807) is 0 Å². The van der Waals surface area contributed by atoms with Crippen LogP contribution in [0.3, 0.4) is 0 Å². The standard InChI is InChI=1S/C8H13N3O3/c9-2-1-7-10-8(11-14-7)6-5-12-3-4-13-6/h6H,1-5,9H2. The van der Waals surface area contributed by atoms with Gasteiger partial charge in [-0.1, -0.05) is 5.16 Å². The Labute approximate surface area is 81.4 Å². The molecule has 2 N–H and O–H groups in total. The fourth-order valence-corrected chi connectivity index (χ4v) is 1.26. The number of hydrogen-bond donors (Lipinski definition) is 1. The van der Waals surface area contributed by atoms with Crippen molar-refractivity contribution in [1.29, 1.82) is 0 Å². The van der Waals surface area contributed by atoms with Crippen molar-refractivity contribution in [3.05, 3.63) is 11.7 Å². The number of ether oxygens (including phenoxy) is 2. The summed E-state index contributed by atoms with van der Waals surface area (Å²) in [6.45, 7) is 2.20. The third-order valence-corrected chi connectivity index (χ3v) is 1.95. The molecule has 1 saturated heterocycles. The summed E-state index contributed by atoms with van der Waals surface area (Å²) in [6, 6.07) is 0. The average molecular weight is 199 g/mol. The minimum atomic E-state index is -0.195. The van der Waals surface area contributed by atoms with Crippen molar-refractivity contribution in [2.45, 2.75) is 12.5 Å². The molecule has 1 aromatic heterocycles. The van der Waals surface area contributed by atoms with Gasteiger partial charge < -0.3 is 19.7 Å². The predicted octanol–water partition coefficient (Wildman–Crippen LogP) is -0.341. The highest BCUT2D eigenvalue weighted by Crippen LogP contribution is 2.17. The first kappa shape index (κ1) is 9.57. The van der Waals surface area contributed by atoms with Crippen LogP contribution in [-0.2, 0) is 15.9 Å². The van der Waals surface area contributed by atoms with Gasteiger partial charge in [0, 0.05) is 13.0 Å². The summed E-state index contributed by atoms with van der Waals surface area (Å²) in [5.74, 6) is 1.10. The molecule has 0 aliphatic carbocycles. The average Bonchev–Trinajstić information content (AvgIpc) is 2.68. The maximum absolute atomic E-state index is 5.41. The van der Waals surface area contributed by atoms with Gasteiger partial charge in [-0.05, 0) is 0 Å². The van der Waals surface area contributed by atoms with Crippen LogP contribution in [0.4, 0.5) is 0 Å². The molecule has 0 bridgehead atoms. The smallest absolute Gasteiger partial charge is 0.228 e. The van der Waals surface area contributed by atoms with Crippen molar-refractivity contribution >= 4 is 0 Å². The summed E-state index contributed by atoms with van der Waals surface area (Å²) in [5, 5.41) is 3.81. The first-order chi connectivity index (χ1) is 6.90. The van der Waals surface area contributed by atoms with E-state index in [4.69, 9.17) is 19.7 Å². The van der Waals surface area contributed by atoms with E-state index >= 15 is 0 Å². The molecule has 1 atom stereocenters. The molecule has 0 aromatic carbocycles. The van der Waals surface area contributed by atoms with E-state index in [1.807, 2.05) is 0 Å². The highest BCUT2D eigenvalue weighted by Gasteiger charge is 2.21. The van der Waals surface area contributed by atoms with Crippen molar-refractivity contribution < 1.29 is 14.0 Å². The highest BCUT2D eigenvalue weighted by molar-refractivity contribution is 4.92. The number of aromatic nitrogens is 2. The quantitative estimate of drug-likeness (QED) is 0.717. The molecule has 1 aliphatic heterocycles. The number of nitrogens with zero attached hydrogens (tertiary/aromatic N) is 2. The number of nitrogens with two attached hydrogens (primary N) is 1. The van der Waals surface area contributed by atoms with Crippen LogP contribution in [0, 0.1) is 0 Å². The topological polar surface area (TPSA) is 83.4 Å². The van der Waals surface area contributed by atoms with E-state index in [0.717, 1.165) is 0 Å². The molecule has 14 heavy (non-hydrogen) atoms. The van der Waals surface area contributed by atoms with Crippen molar-refractivity contribution in [3.63, 3.8) is 0 Å². The second-order valence-electron chi connectivity index (χ2n) is 3.02. The van der Waals surface area contributed by atoms with Crippen LogP contribution >= 0.6 is 0 Å². The normalized spacial score (nSPS) is 22.5. The van der Waals surface area contributed by atoms with Crippen LogP contribution in [0.1, 0.15) is 17.8 Å². The first-order valence-corrected chi connectivity index (χ1v) is 4.62. The van der Waals surface area contributed by atoms with Crippen LogP contribution < -0.4 is 5.73 Å². The maximum atomic E-state index is 5.41. The minimum Gasteiger partial charge on any atom is -0.376 e. The van der Waals surface area contributed by atoms with E-state index in [0.29, 0.717) is 44.5 Å². The summed E-state index contributed by atoms with van der Waals surface area (Å²) in [7, 11) is 0. The lowest BCUT2D eigenvalue weighted by atomic mass is 10.3. The molecule has 0 radical (unpaired) electrons. The van der Waals surface area contributed by atoms with E-state index in [1.165, 1.54) is 0 Å². The molecule has 2 heterocycles. The Kier molecular flexibility index (Phi) is 3.07. The third-order valence-electron chi connectivity index (χ3n) is 1.95. The molecule has 2 rings (SSSR count). The summed E-state index contributed by atoms with van der Waals surface area (Å²) >= 11 is 0. The van der Waals surface area contributed by atoms with Gasteiger partial charge in [0.1, 0.15) is 6.10 Å². The van der Waals surface area contributed by atoms with Gasteiger partial charge in [-0.25, -0.2) is 0 Å². The fourth-order valence-electron chi connectivity index (χ4n) is 1.26. The van der Waals surface area contributed by atoms with E-state index in [-0.39, 0.29) is 6.10 Å². The summed E-state index contributed by atoms with van der Waals surface area (Å²) in [6.07, 6.45) is 0.402. The molecule has 1 fully saturated rings. The Hall–Kier alpha value is -0.980. The summed E-state index contributed by atoms with van der Waals surface area (Å²) in [5.41, 5.74) is 5.36. The second-order valence-corrected chi connectivity index (χ2v) is 3.02. The van der Waals surface area contributed by atoms with Crippen molar-refractivity contribution in [1.82, 2.24) is 10.1 Å². The lowest BCUT2D eigenvalue weighted by molar-refractivity contribution is -0.0941. The van der Waals surface area contributed by atoms with E-state index in [9.17, 15) is 0 Å². The molecule has 6 nitrogen and oxygen atoms in total. The molecule has 0 spiro atoms. The maximum Gasteiger partial charge on any atom is 0.228 e. The monoisotopic (exact) mass is 199 g/mol. The van der Waals surface area contributed by atoms with Gasteiger partial charge in [0.15, 0.2) is 0 Å². The summed E-state index contributed by atoms with van der Waals surface area (Å²) in [4.78, 5) is 4.16. The number of hydrogen-bond acceptors (Lipinski definition) is 6. The minimum absolute atomic E-state index is 0.195. The van der Waals surface area contributed by atoms with Crippen LogP contribution in [-0.4, -0.2) is 36.5 Å². The molecule has 1 unspecified atom stereocenters. The van der Waals surface area contributed by atoms with Gasteiger partial charge in [0.2, 0.25) is 11.7 Å². The van der Waals surface area contributed by atoms with Gasteiger partial charge in [-0.3, -0.25) is 0 Å². The molecule has 0 saturated carbocycles. The Morgan fingerprint density at radius 1 is 1.43 bits per heavy atom. The molecule has 6 heteroatoms. The largest absolute Gasteiger partial charge is 0.376 e. The summed E-state index contributed by atoms with van der Waals surface area (Å²) < 4.78 is 15.6. The second kappa shape index (κ2) is 4.50. The van der Waals surface area contributed by atoms with Gasteiger partial charge in [0.25, 0.3) is 0 Å². The van der Waals surface area contributed by atoms with Crippen molar-refractivity contribution in [2.75, 3.05) is 26.4 Å². The van der Waals surface area contributed by atoms with E-state index < -0.39 is 0 Å². The van der Waals surface area contributed by atoms with Gasteiger partial charge in [-0.15, -0.1) is 0 Å². The van der Waals surface area contributed by atoms with Gasteiger partial charge in [-0.2, -0.15) is 4.98 Å². The Morgan fingerprint density at radius 3 is 3.07 bits per heavy atom. The zero-order valence-electron chi connectivity index (χ0n) is 7.81. The zero-order chi connectivity index (χ0) is 9.80. The third kappa shape index (κ3) is 2.09. The van der Waals surface area contributed by atoms with Crippen molar-refractivity contribution in [3.8, 4) is 0 Å². The van der Waals surface area contributed by atoms with Crippen LogP contribution in [0.25, 0.3) is 0 Å². The number of rotatable bonds is 3.